The van der Waals surface area contributed by atoms with Crippen LogP contribution in [-0.4, -0.2) is 94.9 Å². The Kier molecular flexibility index (Phi) is 7.06. The highest BCUT2D eigenvalue weighted by Gasteiger charge is 2.30. The van der Waals surface area contributed by atoms with Gasteiger partial charge < -0.3 is 19.4 Å². The van der Waals surface area contributed by atoms with Crippen LogP contribution in [0.4, 0.5) is 0 Å². The molecular weight excluding hydrogens is 410 g/mol. The fraction of sp³-hybridized carbons (Fsp3) is 0.435. The highest BCUT2D eigenvalue weighted by molar-refractivity contribution is 6.04. The Balaban J connectivity index is 1.34. The molecule has 4 rings (SSSR count). The van der Waals surface area contributed by atoms with Crippen molar-refractivity contribution in [3.63, 3.8) is 0 Å². The van der Waals surface area contributed by atoms with Crippen LogP contribution in [0.5, 0.6) is 0 Å². The summed E-state index contributed by atoms with van der Waals surface area (Å²) < 4.78 is 5.29. The minimum Gasteiger partial charge on any atom is -0.378 e. The Labute approximate surface area is 187 Å². The van der Waals surface area contributed by atoms with E-state index >= 15 is 0 Å². The highest BCUT2D eigenvalue weighted by Crippen LogP contribution is 2.14. The summed E-state index contributed by atoms with van der Waals surface area (Å²) in [4.78, 5) is 52.0. The molecule has 2 fully saturated rings. The third-order valence-corrected chi connectivity index (χ3v) is 5.79. The van der Waals surface area contributed by atoms with Crippen LogP contribution < -0.4 is 0 Å². The van der Waals surface area contributed by atoms with Gasteiger partial charge in [-0.25, -0.2) is 9.97 Å². The molecule has 32 heavy (non-hydrogen) atoms. The fourth-order valence-corrected chi connectivity index (χ4v) is 3.93. The van der Waals surface area contributed by atoms with Crippen LogP contribution in [0.25, 0.3) is 0 Å². The van der Waals surface area contributed by atoms with Gasteiger partial charge in [0.1, 0.15) is 0 Å². The topological polar surface area (TPSA) is 95.9 Å². The molecule has 0 spiro atoms. The molecule has 0 atom stereocenters. The molecular formula is C23H27N5O4. The van der Waals surface area contributed by atoms with Gasteiger partial charge in [0.05, 0.1) is 13.2 Å². The largest absolute Gasteiger partial charge is 0.378 e. The van der Waals surface area contributed by atoms with Crippen molar-refractivity contribution in [3.05, 3.63) is 59.7 Å². The lowest BCUT2D eigenvalue weighted by Gasteiger charge is -2.35. The molecule has 9 heteroatoms. The number of hydrogen-bond acceptors (Lipinski definition) is 6. The molecule has 2 aliphatic heterocycles. The van der Waals surface area contributed by atoms with E-state index in [1.54, 1.807) is 14.7 Å². The Hall–Kier alpha value is -3.33. The molecule has 0 aliphatic carbocycles. The summed E-state index contributed by atoms with van der Waals surface area (Å²) in [6, 6.07) is 9.92. The summed E-state index contributed by atoms with van der Waals surface area (Å²) in [6.45, 7) is 3.60. The Morgan fingerprint density at radius 2 is 1.28 bits per heavy atom. The smallest absolute Gasteiger partial charge is 0.275 e. The van der Waals surface area contributed by atoms with Gasteiger partial charge >= 0.3 is 0 Å². The Morgan fingerprint density at radius 1 is 0.750 bits per heavy atom. The van der Waals surface area contributed by atoms with Gasteiger partial charge in [-0.05, 0) is 12.0 Å². The number of carbonyl (C=O) groups excluding carboxylic acids is 3. The number of carbonyl (C=O) groups is 3. The number of aryl methyl sites for hydroxylation is 1. The van der Waals surface area contributed by atoms with Crippen molar-refractivity contribution in [2.75, 3.05) is 52.5 Å². The SMILES string of the molecule is O=C(CCc1ccccc1)N1CCN(C(=O)c2nccnc2C(=O)N2CCOCC2)CC1. The number of aromatic nitrogens is 2. The van der Waals surface area contributed by atoms with E-state index in [4.69, 9.17) is 4.74 Å². The summed E-state index contributed by atoms with van der Waals surface area (Å²) in [6.07, 6.45) is 3.99. The van der Waals surface area contributed by atoms with Crippen molar-refractivity contribution in [3.8, 4) is 0 Å². The molecule has 3 amide bonds. The predicted octanol–water partition coefficient (Wildman–Crippen LogP) is 0.866. The van der Waals surface area contributed by atoms with E-state index in [1.807, 2.05) is 30.3 Å². The summed E-state index contributed by atoms with van der Waals surface area (Å²) in [5, 5.41) is 0. The molecule has 0 radical (unpaired) electrons. The second kappa shape index (κ2) is 10.3. The monoisotopic (exact) mass is 437 g/mol. The van der Waals surface area contributed by atoms with E-state index in [9.17, 15) is 14.4 Å². The molecule has 0 unspecified atom stereocenters. The van der Waals surface area contributed by atoms with E-state index < -0.39 is 0 Å². The highest BCUT2D eigenvalue weighted by atomic mass is 16.5. The van der Waals surface area contributed by atoms with Crippen molar-refractivity contribution >= 4 is 17.7 Å². The van der Waals surface area contributed by atoms with Crippen LogP contribution in [-0.2, 0) is 16.0 Å². The molecule has 168 valence electrons. The Morgan fingerprint density at radius 3 is 1.88 bits per heavy atom. The lowest BCUT2D eigenvalue weighted by atomic mass is 10.1. The van der Waals surface area contributed by atoms with Gasteiger partial charge in [-0.1, -0.05) is 30.3 Å². The van der Waals surface area contributed by atoms with Gasteiger partial charge in [-0.3, -0.25) is 14.4 Å². The lowest BCUT2D eigenvalue weighted by Crippen LogP contribution is -2.51. The zero-order valence-corrected chi connectivity index (χ0v) is 18.0. The molecule has 9 nitrogen and oxygen atoms in total. The number of amides is 3. The zero-order valence-electron chi connectivity index (χ0n) is 18.0. The van der Waals surface area contributed by atoms with Crippen molar-refractivity contribution in [1.82, 2.24) is 24.7 Å². The van der Waals surface area contributed by atoms with Crippen molar-refractivity contribution in [2.24, 2.45) is 0 Å². The first kappa shape index (κ1) is 21.9. The molecule has 2 saturated heterocycles. The number of ether oxygens (including phenoxy) is 1. The molecule has 2 aliphatic rings. The standard InChI is InChI=1S/C23H27N5O4/c29-19(7-6-18-4-2-1-3-5-18)26-10-12-27(13-11-26)22(30)20-21(25-9-8-24-20)23(31)28-14-16-32-17-15-28/h1-5,8-9H,6-7,10-17H2. The number of hydrogen-bond donors (Lipinski definition) is 0. The van der Waals surface area contributed by atoms with E-state index in [1.165, 1.54) is 12.4 Å². The number of morpholine rings is 1. The third kappa shape index (κ3) is 5.11. The quantitative estimate of drug-likeness (QED) is 0.689. The molecule has 0 saturated carbocycles. The minimum atomic E-state index is -0.328. The lowest BCUT2D eigenvalue weighted by molar-refractivity contribution is -0.132. The summed E-state index contributed by atoms with van der Waals surface area (Å²) in [5.41, 5.74) is 1.27. The maximum Gasteiger partial charge on any atom is 0.275 e. The number of piperazine rings is 1. The third-order valence-electron chi connectivity index (χ3n) is 5.79. The van der Waals surface area contributed by atoms with Crippen LogP contribution in [0.15, 0.2) is 42.7 Å². The van der Waals surface area contributed by atoms with Crippen molar-refractivity contribution in [2.45, 2.75) is 12.8 Å². The summed E-state index contributed by atoms with van der Waals surface area (Å²) in [5.74, 6) is -0.547. The first-order valence-electron chi connectivity index (χ1n) is 10.9. The van der Waals surface area contributed by atoms with Gasteiger partial charge in [0.25, 0.3) is 11.8 Å². The normalized spacial score (nSPS) is 16.7. The number of nitrogens with zero attached hydrogens (tertiary/aromatic N) is 5. The van der Waals surface area contributed by atoms with E-state index in [0.717, 1.165) is 5.56 Å². The van der Waals surface area contributed by atoms with Gasteiger partial charge in [-0.15, -0.1) is 0 Å². The maximum atomic E-state index is 13.1. The maximum absolute atomic E-state index is 13.1. The molecule has 3 heterocycles. The first-order chi connectivity index (χ1) is 15.6. The van der Waals surface area contributed by atoms with E-state index in [2.05, 4.69) is 9.97 Å². The van der Waals surface area contributed by atoms with Gasteiger partial charge in [0.15, 0.2) is 11.4 Å². The van der Waals surface area contributed by atoms with Crippen LogP contribution >= 0.6 is 0 Å². The van der Waals surface area contributed by atoms with E-state index in [0.29, 0.717) is 65.3 Å². The molecule has 1 aromatic carbocycles. The Bertz CT molecular complexity index is 954. The molecule has 0 N–H and O–H groups in total. The second-order valence-corrected chi connectivity index (χ2v) is 7.82. The fourth-order valence-electron chi connectivity index (χ4n) is 3.93. The molecule has 1 aromatic heterocycles. The molecule has 2 aromatic rings. The average molecular weight is 438 g/mol. The van der Waals surface area contributed by atoms with E-state index in [-0.39, 0.29) is 29.1 Å². The van der Waals surface area contributed by atoms with Crippen LogP contribution in [0.2, 0.25) is 0 Å². The number of benzene rings is 1. The van der Waals surface area contributed by atoms with Crippen LogP contribution in [0, 0.1) is 0 Å². The second-order valence-electron chi connectivity index (χ2n) is 7.82. The molecule has 0 bridgehead atoms. The average Bonchev–Trinajstić information content (AvgIpc) is 2.87. The first-order valence-corrected chi connectivity index (χ1v) is 10.9. The minimum absolute atomic E-state index is 0.0628. The summed E-state index contributed by atoms with van der Waals surface area (Å²) in [7, 11) is 0. The van der Waals surface area contributed by atoms with Crippen LogP contribution in [0.1, 0.15) is 33.0 Å². The van der Waals surface area contributed by atoms with Gasteiger partial charge in [0, 0.05) is 58.1 Å². The zero-order chi connectivity index (χ0) is 22.3. The van der Waals surface area contributed by atoms with Crippen LogP contribution in [0.3, 0.4) is 0 Å². The number of rotatable bonds is 5. The van der Waals surface area contributed by atoms with Crippen molar-refractivity contribution < 1.29 is 19.1 Å². The predicted molar refractivity (Wildman–Crippen MR) is 116 cm³/mol. The van der Waals surface area contributed by atoms with Gasteiger partial charge in [-0.2, -0.15) is 0 Å². The summed E-state index contributed by atoms with van der Waals surface area (Å²) >= 11 is 0. The van der Waals surface area contributed by atoms with Crippen molar-refractivity contribution in [1.29, 1.82) is 0 Å². The van der Waals surface area contributed by atoms with Gasteiger partial charge in [0.2, 0.25) is 5.91 Å².